The molecule has 2 saturated heterocycles. The molecular weight excluding hydrogens is 660 g/mol. The van der Waals surface area contributed by atoms with Gasteiger partial charge in [-0.15, -0.1) is 0 Å². The smallest absolute Gasteiger partial charge is 0.254 e. The summed E-state index contributed by atoms with van der Waals surface area (Å²) in [6, 6.07) is 18.4. The Hall–Kier alpha value is -5.13. The van der Waals surface area contributed by atoms with E-state index in [9.17, 15) is 19.2 Å². The van der Waals surface area contributed by atoms with Gasteiger partial charge in [-0.1, -0.05) is 36.4 Å². The number of amides is 4. The minimum absolute atomic E-state index is 0.0253. The molecule has 0 bridgehead atoms. The van der Waals surface area contributed by atoms with Crippen LogP contribution in [0.1, 0.15) is 60.5 Å². The first kappa shape index (κ1) is 36.7. The van der Waals surface area contributed by atoms with Crippen LogP contribution in [0.5, 0.6) is 11.5 Å². The third-order valence-corrected chi connectivity index (χ3v) is 10.5. The Balaban J connectivity index is 1.20. The standard InChI is InChI=1S/C40H50N6O6/c1-25(2)52-34-16-15-27(18-35(34)51-4)40(50)46-22-29-21-45(36(47)19-28-20-43-37-30(28)13-9-17-42-37)24-32(31(29)23-46)38(48)44-33(39(49)41-3)14-8-12-26-10-6-5-7-11-26/h5-7,9-11,13,15-18,25,28-29,31-33H,8,12,14,19-24H2,1-4H3,(H,41,49)(H,42,43)(H,44,48)/t28?,29?,31?,32?,33-/m0/s1. The molecule has 12 heteroatoms. The quantitative estimate of drug-likeness (QED) is 0.243. The second-order valence-corrected chi connectivity index (χ2v) is 14.3. The van der Waals surface area contributed by atoms with Crippen molar-refractivity contribution in [2.24, 2.45) is 17.8 Å². The van der Waals surface area contributed by atoms with Crippen LogP contribution in [0.3, 0.4) is 0 Å². The van der Waals surface area contributed by atoms with E-state index >= 15 is 0 Å². The van der Waals surface area contributed by atoms with Crippen molar-refractivity contribution in [2.45, 2.75) is 57.6 Å². The summed E-state index contributed by atoms with van der Waals surface area (Å²) in [5.74, 6) is 0.142. The second-order valence-electron chi connectivity index (χ2n) is 14.3. The summed E-state index contributed by atoms with van der Waals surface area (Å²) in [5.41, 5.74) is 2.64. The summed E-state index contributed by atoms with van der Waals surface area (Å²) < 4.78 is 11.4. The van der Waals surface area contributed by atoms with E-state index in [0.29, 0.717) is 56.1 Å². The van der Waals surface area contributed by atoms with Crippen LogP contribution in [-0.4, -0.2) is 97.4 Å². The highest BCUT2D eigenvalue weighted by atomic mass is 16.5. The Morgan fingerprint density at radius 2 is 1.75 bits per heavy atom. The molecule has 4 amide bonds. The number of pyridine rings is 1. The zero-order valence-electron chi connectivity index (χ0n) is 30.5. The number of carbonyl (C=O) groups excluding carboxylic acids is 4. The Kier molecular flexibility index (Phi) is 11.6. The van der Waals surface area contributed by atoms with Gasteiger partial charge in [0.2, 0.25) is 17.7 Å². The minimum atomic E-state index is -0.725. The van der Waals surface area contributed by atoms with E-state index in [1.165, 1.54) is 5.56 Å². The third kappa shape index (κ3) is 8.32. The van der Waals surface area contributed by atoms with Crippen molar-refractivity contribution in [1.29, 1.82) is 0 Å². The van der Waals surface area contributed by atoms with Gasteiger partial charge in [0.15, 0.2) is 11.5 Å². The first-order chi connectivity index (χ1) is 25.1. The van der Waals surface area contributed by atoms with E-state index in [1.54, 1.807) is 48.4 Å². The number of rotatable bonds is 13. The van der Waals surface area contributed by atoms with Crippen LogP contribution in [0.4, 0.5) is 5.82 Å². The summed E-state index contributed by atoms with van der Waals surface area (Å²) >= 11 is 0. The lowest BCUT2D eigenvalue weighted by molar-refractivity contribution is -0.140. The van der Waals surface area contributed by atoms with E-state index in [1.807, 2.05) is 44.2 Å². The van der Waals surface area contributed by atoms with E-state index < -0.39 is 12.0 Å². The molecule has 3 aliphatic heterocycles. The Labute approximate surface area is 305 Å². The molecule has 52 heavy (non-hydrogen) atoms. The van der Waals surface area contributed by atoms with Crippen molar-refractivity contribution in [3.8, 4) is 11.5 Å². The lowest BCUT2D eigenvalue weighted by atomic mass is 9.79. The zero-order valence-corrected chi connectivity index (χ0v) is 30.5. The Morgan fingerprint density at radius 1 is 0.962 bits per heavy atom. The largest absolute Gasteiger partial charge is 0.493 e. The lowest BCUT2D eigenvalue weighted by Gasteiger charge is -2.40. The number of carbonyl (C=O) groups is 4. The van der Waals surface area contributed by atoms with Gasteiger partial charge in [-0.25, -0.2) is 4.98 Å². The van der Waals surface area contributed by atoms with Crippen molar-refractivity contribution in [3.63, 3.8) is 0 Å². The molecule has 4 heterocycles. The van der Waals surface area contributed by atoms with Gasteiger partial charge >= 0.3 is 0 Å². The van der Waals surface area contributed by atoms with Crippen LogP contribution in [0.25, 0.3) is 0 Å². The number of nitrogens with one attached hydrogen (secondary N) is 3. The summed E-state index contributed by atoms with van der Waals surface area (Å²) in [6.45, 7) is 5.88. The highest BCUT2D eigenvalue weighted by Crippen LogP contribution is 2.39. The number of hydrogen-bond donors (Lipinski definition) is 3. The molecule has 1 aromatic heterocycles. The number of aryl methyl sites for hydroxylation is 1. The van der Waals surface area contributed by atoms with Crippen LogP contribution in [0.2, 0.25) is 0 Å². The second kappa shape index (κ2) is 16.5. The Morgan fingerprint density at radius 3 is 2.50 bits per heavy atom. The van der Waals surface area contributed by atoms with E-state index in [4.69, 9.17) is 9.47 Å². The minimum Gasteiger partial charge on any atom is -0.493 e. The van der Waals surface area contributed by atoms with E-state index in [2.05, 4.69) is 33.1 Å². The maximum absolute atomic E-state index is 14.3. The number of likely N-dealkylation sites (N-methyl/N-ethyl adjacent to an activating group) is 1. The summed E-state index contributed by atoms with van der Waals surface area (Å²) in [5, 5.41) is 9.06. The lowest BCUT2D eigenvalue weighted by Crippen LogP contribution is -2.56. The fourth-order valence-corrected chi connectivity index (χ4v) is 7.88. The Bertz CT molecular complexity index is 1750. The van der Waals surface area contributed by atoms with Crippen LogP contribution < -0.4 is 25.4 Å². The predicted molar refractivity (Wildman–Crippen MR) is 197 cm³/mol. The highest BCUT2D eigenvalue weighted by molar-refractivity contribution is 5.95. The maximum atomic E-state index is 14.3. The first-order valence-electron chi connectivity index (χ1n) is 18.3. The number of methoxy groups -OCH3 is 1. The number of likely N-dealkylation sites (tertiary alicyclic amines) is 2. The van der Waals surface area contributed by atoms with Gasteiger partial charge in [-0.2, -0.15) is 0 Å². The number of hydrogen-bond acceptors (Lipinski definition) is 8. The van der Waals surface area contributed by atoms with Gasteiger partial charge in [0.1, 0.15) is 11.9 Å². The highest BCUT2D eigenvalue weighted by Gasteiger charge is 2.48. The predicted octanol–water partition coefficient (Wildman–Crippen LogP) is 3.88. The molecule has 2 aromatic carbocycles. The summed E-state index contributed by atoms with van der Waals surface area (Å²) in [4.78, 5) is 63.2. The van der Waals surface area contributed by atoms with Gasteiger partial charge in [-0.05, 0) is 80.3 Å². The van der Waals surface area contributed by atoms with Crippen LogP contribution in [0, 0.1) is 17.8 Å². The average Bonchev–Trinajstić information content (AvgIpc) is 3.78. The topological polar surface area (TPSA) is 142 Å². The van der Waals surface area contributed by atoms with Crippen molar-refractivity contribution in [2.75, 3.05) is 52.2 Å². The van der Waals surface area contributed by atoms with Crippen LogP contribution in [0.15, 0.2) is 66.9 Å². The average molecular weight is 711 g/mol. The normalized spacial score (nSPS) is 21.1. The number of nitrogens with zero attached hydrogens (tertiary/aromatic N) is 3. The third-order valence-electron chi connectivity index (χ3n) is 10.5. The summed E-state index contributed by atoms with van der Waals surface area (Å²) in [6.07, 6.45) is 3.91. The van der Waals surface area contributed by atoms with Crippen molar-refractivity contribution >= 4 is 29.4 Å². The molecule has 3 aliphatic rings. The van der Waals surface area contributed by atoms with E-state index in [-0.39, 0.29) is 60.5 Å². The van der Waals surface area contributed by atoms with Gasteiger partial charge in [-0.3, -0.25) is 19.2 Å². The molecule has 6 rings (SSSR count). The van der Waals surface area contributed by atoms with Crippen LogP contribution in [-0.2, 0) is 20.8 Å². The van der Waals surface area contributed by atoms with Gasteiger partial charge in [0.25, 0.3) is 5.91 Å². The SMILES string of the molecule is CNC(=O)[C@H](CCCc1ccccc1)NC(=O)C1CN(C(=O)CC2CNc3ncccc32)CC2CN(C(=O)c3ccc(OC(C)C)c(OC)c3)CC21. The van der Waals surface area contributed by atoms with Crippen molar-refractivity contribution in [1.82, 2.24) is 25.4 Å². The maximum Gasteiger partial charge on any atom is 0.254 e. The molecule has 2 fully saturated rings. The number of anilines is 1. The fraction of sp³-hybridized carbons (Fsp3) is 0.475. The van der Waals surface area contributed by atoms with Gasteiger partial charge < -0.3 is 35.2 Å². The fourth-order valence-electron chi connectivity index (χ4n) is 7.88. The molecule has 4 unspecified atom stereocenters. The van der Waals surface area contributed by atoms with Crippen molar-refractivity contribution in [3.05, 3.63) is 83.6 Å². The molecule has 0 radical (unpaired) electrons. The molecule has 276 valence electrons. The molecule has 3 aromatic rings. The van der Waals surface area contributed by atoms with E-state index in [0.717, 1.165) is 17.8 Å². The van der Waals surface area contributed by atoms with Gasteiger partial charge in [0.05, 0.1) is 19.1 Å². The molecular formula is C40H50N6O6. The number of piperidine rings is 1. The number of ether oxygens (including phenoxy) is 2. The zero-order chi connectivity index (χ0) is 36.8. The van der Waals surface area contributed by atoms with Gasteiger partial charge in [0, 0.05) is 63.9 Å². The first-order valence-corrected chi connectivity index (χ1v) is 18.3. The number of aromatic nitrogens is 1. The molecule has 0 saturated carbocycles. The number of benzene rings is 2. The molecule has 5 atom stereocenters. The van der Waals surface area contributed by atoms with Crippen molar-refractivity contribution < 1.29 is 28.7 Å². The number of fused-ring (bicyclic) bond motifs is 2. The molecule has 12 nitrogen and oxygen atoms in total. The molecule has 0 aliphatic carbocycles. The molecule has 3 N–H and O–H groups in total. The van der Waals surface area contributed by atoms with Crippen LogP contribution >= 0.6 is 0 Å². The monoisotopic (exact) mass is 710 g/mol. The summed E-state index contributed by atoms with van der Waals surface area (Å²) in [7, 11) is 3.11. The molecule has 0 spiro atoms.